The van der Waals surface area contributed by atoms with Gasteiger partial charge in [-0.25, -0.2) is 4.79 Å². The highest BCUT2D eigenvalue weighted by Crippen LogP contribution is 2.38. The van der Waals surface area contributed by atoms with Gasteiger partial charge in [0.2, 0.25) is 0 Å². The monoisotopic (exact) mass is 401 g/mol. The zero-order chi connectivity index (χ0) is 18.3. The van der Waals surface area contributed by atoms with Gasteiger partial charge in [0.1, 0.15) is 11.9 Å². The summed E-state index contributed by atoms with van der Waals surface area (Å²) in [7, 11) is 1.53. The second kappa shape index (κ2) is 8.92. The highest BCUT2D eigenvalue weighted by molar-refractivity contribution is 9.10. The lowest BCUT2D eigenvalue weighted by molar-refractivity contribution is -0.108. The summed E-state index contributed by atoms with van der Waals surface area (Å²) in [5.41, 5.74) is 0.0903. The van der Waals surface area contributed by atoms with Crippen LogP contribution in [-0.4, -0.2) is 31.7 Å². The van der Waals surface area contributed by atoms with E-state index >= 15 is 0 Å². The molecule has 134 valence electrons. The van der Waals surface area contributed by atoms with Crippen LogP contribution in [0.1, 0.15) is 45.7 Å². The lowest BCUT2D eigenvalue weighted by Crippen LogP contribution is -2.35. The molecule has 1 rings (SSSR count). The molecule has 0 aliphatic carbocycles. The van der Waals surface area contributed by atoms with Crippen LogP contribution in [0.5, 0.6) is 11.5 Å². The second-order valence-electron chi connectivity index (χ2n) is 6.07. The predicted molar refractivity (Wildman–Crippen MR) is 94.7 cm³/mol. The Hall–Kier alpha value is -1.76. The molecule has 0 heterocycles. The Morgan fingerprint density at radius 1 is 1.38 bits per heavy atom. The number of halogens is 1. The SMILES string of the molecule is CCOc1c(Br)cc([C@@H](CC=O)NC(=O)OC(C)(C)C)cc1OC. The van der Waals surface area contributed by atoms with Crippen LogP contribution in [0.3, 0.4) is 0 Å². The van der Waals surface area contributed by atoms with E-state index in [9.17, 15) is 9.59 Å². The quantitative estimate of drug-likeness (QED) is 0.698. The number of benzene rings is 1. The van der Waals surface area contributed by atoms with Gasteiger partial charge in [-0.3, -0.25) is 0 Å². The molecular formula is C17H24BrNO5. The van der Waals surface area contributed by atoms with Gasteiger partial charge in [-0.05, 0) is 61.3 Å². The van der Waals surface area contributed by atoms with Crippen molar-refractivity contribution < 1.29 is 23.8 Å². The maximum atomic E-state index is 12.0. The van der Waals surface area contributed by atoms with Crippen molar-refractivity contribution in [1.82, 2.24) is 5.32 Å². The van der Waals surface area contributed by atoms with Crippen molar-refractivity contribution in [1.29, 1.82) is 0 Å². The number of carbonyl (C=O) groups is 2. The Kier molecular flexibility index (Phi) is 7.54. The van der Waals surface area contributed by atoms with Gasteiger partial charge < -0.3 is 24.3 Å². The molecule has 1 aromatic rings. The molecule has 7 heteroatoms. The fourth-order valence-corrected chi connectivity index (χ4v) is 2.62. The Balaban J connectivity index is 3.09. The van der Waals surface area contributed by atoms with Crippen molar-refractivity contribution in [2.75, 3.05) is 13.7 Å². The zero-order valence-corrected chi connectivity index (χ0v) is 16.2. The lowest BCUT2D eigenvalue weighted by atomic mass is 10.0. The van der Waals surface area contributed by atoms with Gasteiger partial charge in [-0.2, -0.15) is 0 Å². The number of ether oxygens (including phenoxy) is 3. The molecule has 0 spiro atoms. The molecule has 6 nitrogen and oxygen atoms in total. The third-order valence-corrected chi connectivity index (χ3v) is 3.55. The summed E-state index contributed by atoms with van der Waals surface area (Å²) in [4.78, 5) is 23.0. The van der Waals surface area contributed by atoms with E-state index in [-0.39, 0.29) is 6.42 Å². The van der Waals surface area contributed by atoms with Crippen LogP contribution in [0.15, 0.2) is 16.6 Å². The maximum Gasteiger partial charge on any atom is 0.408 e. The van der Waals surface area contributed by atoms with Crippen molar-refractivity contribution in [3.63, 3.8) is 0 Å². The standard InChI is InChI=1S/C17H24BrNO5/c1-6-23-15-12(18)9-11(10-14(15)22-5)13(7-8-20)19-16(21)24-17(2,3)4/h8-10,13H,6-7H2,1-5H3,(H,19,21)/t13-/m1/s1. The minimum atomic E-state index is -0.618. The first-order valence-electron chi connectivity index (χ1n) is 7.65. The average molecular weight is 402 g/mol. The second-order valence-corrected chi connectivity index (χ2v) is 6.92. The van der Waals surface area contributed by atoms with Crippen LogP contribution in [0.25, 0.3) is 0 Å². The van der Waals surface area contributed by atoms with Crippen LogP contribution in [0, 0.1) is 0 Å². The fourth-order valence-electron chi connectivity index (χ4n) is 2.05. The molecule has 0 aromatic heterocycles. The first kappa shape index (κ1) is 20.3. The van der Waals surface area contributed by atoms with Crippen molar-refractivity contribution in [3.8, 4) is 11.5 Å². The molecule has 0 aliphatic heterocycles. The van der Waals surface area contributed by atoms with E-state index in [0.717, 1.165) is 6.29 Å². The number of alkyl carbamates (subject to hydrolysis) is 1. The first-order valence-corrected chi connectivity index (χ1v) is 8.44. The van der Waals surface area contributed by atoms with Gasteiger partial charge in [-0.15, -0.1) is 0 Å². The van der Waals surface area contributed by atoms with Crippen molar-refractivity contribution in [2.45, 2.75) is 45.8 Å². The third kappa shape index (κ3) is 6.03. The molecule has 0 fully saturated rings. The van der Waals surface area contributed by atoms with Crippen LogP contribution < -0.4 is 14.8 Å². The molecule has 1 N–H and O–H groups in total. The molecular weight excluding hydrogens is 378 g/mol. The van der Waals surface area contributed by atoms with E-state index < -0.39 is 17.7 Å². The Bertz CT molecular complexity index is 583. The van der Waals surface area contributed by atoms with Gasteiger partial charge in [0, 0.05) is 6.42 Å². The first-order chi connectivity index (χ1) is 11.2. The number of aldehydes is 1. The van der Waals surface area contributed by atoms with Gasteiger partial charge in [0.25, 0.3) is 0 Å². The molecule has 0 aliphatic rings. The largest absolute Gasteiger partial charge is 0.493 e. The van der Waals surface area contributed by atoms with E-state index in [2.05, 4.69) is 21.2 Å². The van der Waals surface area contributed by atoms with Gasteiger partial charge in [0.15, 0.2) is 11.5 Å². The normalized spacial score (nSPS) is 12.2. The highest BCUT2D eigenvalue weighted by Gasteiger charge is 2.22. The number of methoxy groups -OCH3 is 1. The number of nitrogens with one attached hydrogen (secondary N) is 1. The van der Waals surface area contributed by atoms with E-state index in [0.29, 0.717) is 28.1 Å². The molecule has 0 unspecified atom stereocenters. The van der Waals surface area contributed by atoms with Crippen LogP contribution in [0.4, 0.5) is 4.79 Å². The molecule has 24 heavy (non-hydrogen) atoms. The van der Waals surface area contributed by atoms with E-state index in [4.69, 9.17) is 14.2 Å². The number of amides is 1. The van der Waals surface area contributed by atoms with E-state index in [1.165, 1.54) is 7.11 Å². The zero-order valence-electron chi connectivity index (χ0n) is 14.6. The predicted octanol–water partition coefficient (Wildman–Crippen LogP) is 4.01. The molecule has 0 bridgehead atoms. The number of rotatable bonds is 7. The van der Waals surface area contributed by atoms with Crippen LogP contribution >= 0.6 is 15.9 Å². The number of hydrogen-bond donors (Lipinski definition) is 1. The minimum absolute atomic E-state index is 0.114. The molecule has 1 atom stereocenters. The third-order valence-electron chi connectivity index (χ3n) is 2.97. The average Bonchev–Trinajstić information content (AvgIpc) is 2.46. The van der Waals surface area contributed by atoms with Gasteiger partial charge in [-0.1, -0.05) is 0 Å². The smallest absolute Gasteiger partial charge is 0.408 e. The van der Waals surface area contributed by atoms with Crippen molar-refractivity contribution in [3.05, 3.63) is 22.2 Å². The molecule has 0 saturated heterocycles. The Morgan fingerprint density at radius 2 is 2.04 bits per heavy atom. The molecule has 0 saturated carbocycles. The number of carbonyl (C=O) groups excluding carboxylic acids is 2. The molecule has 1 amide bonds. The topological polar surface area (TPSA) is 73.9 Å². The van der Waals surface area contributed by atoms with Crippen molar-refractivity contribution >= 4 is 28.3 Å². The summed E-state index contributed by atoms with van der Waals surface area (Å²) < 4.78 is 16.8. The van der Waals surface area contributed by atoms with Gasteiger partial charge in [0.05, 0.1) is 24.2 Å². The van der Waals surface area contributed by atoms with Crippen LogP contribution in [-0.2, 0) is 9.53 Å². The summed E-state index contributed by atoms with van der Waals surface area (Å²) in [6.45, 7) is 7.69. The summed E-state index contributed by atoms with van der Waals surface area (Å²) in [6.07, 6.45) is 0.278. The van der Waals surface area contributed by atoms with Gasteiger partial charge >= 0.3 is 6.09 Å². The summed E-state index contributed by atoms with van der Waals surface area (Å²) in [5, 5.41) is 2.71. The summed E-state index contributed by atoms with van der Waals surface area (Å²) >= 11 is 3.44. The maximum absolute atomic E-state index is 12.0. The highest BCUT2D eigenvalue weighted by atomic mass is 79.9. The lowest BCUT2D eigenvalue weighted by Gasteiger charge is -2.24. The Labute approximate surface area is 151 Å². The van der Waals surface area contributed by atoms with Crippen LogP contribution in [0.2, 0.25) is 0 Å². The fraction of sp³-hybridized carbons (Fsp3) is 0.529. The summed E-state index contributed by atoms with van der Waals surface area (Å²) in [6, 6.07) is 3.00. The Morgan fingerprint density at radius 3 is 2.54 bits per heavy atom. The molecule has 1 aromatic carbocycles. The summed E-state index contributed by atoms with van der Waals surface area (Å²) in [5.74, 6) is 1.09. The number of hydrogen-bond acceptors (Lipinski definition) is 5. The van der Waals surface area contributed by atoms with E-state index in [1.54, 1.807) is 32.9 Å². The molecule has 0 radical (unpaired) electrons. The van der Waals surface area contributed by atoms with Crippen molar-refractivity contribution in [2.24, 2.45) is 0 Å². The van der Waals surface area contributed by atoms with E-state index in [1.807, 2.05) is 6.92 Å². The minimum Gasteiger partial charge on any atom is -0.493 e.